The van der Waals surface area contributed by atoms with Gasteiger partial charge in [-0.05, 0) is 6.54 Å². The van der Waals surface area contributed by atoms with E-state index in [0.29, 0.717) is 21.0 Å². The fraction of sp³-hybridized carbons (Fsp3) is 0.462. The molecule has 0 radical (unpaired) electrons. The highest BCUT2D eigenvalue weighted by atomic mass is 35.5. The number of aromatic nitrogens is 1. The van der Waals surface area contributed by atoms with Gasteiger partial charge < -0.3 is 15.5 Å². The Kier molecular flexibility index (Phi) is 4.07. The van der Waals surface area contributed by atoms with Gasteiger partial charge in [0.15, 0.2) is 5.13 Å². The summed E-state index contributed by atoms with van der Waals surface area (Å²) in [6, 6.07) is 1.38. The van der Waals surface area contributed by atoms with E-state index in [9.17, 15) is 10.1 Å². The molecular weight excluding hydrogens is 326 g/mol. The van der Waals surface area contributed by atoms with Crippen LogP contribution in [0.5, 0.6) is 0 Å². The molecule has 0 unspecified atom stereocenters. The maximum absolute atomic E-state index is 11.5. The Hall–Kier alpha value is -1.64. The first-order valence-corrected chi connectivity index (χ1v) is 8.21. The van der Waals surface area contributed by atoms with E-state index in [0.717, 1.165) is 32.7 Å². The third-order valence-corrected chi connectivity index (χ3v) is 5.10. The van der Waals surface area contributed by atoms with Crippen LogP contribution >= 0.6 is 22.9 Å². The summed E-state index contributed by atoms with van der Waals surface area (Å²) in [4.78, 5) is 19.6. The minimum atomic E-state index is -0.386. The summed E-state index contributed by atoms with van der Waals surface area (Å²) in [7, 11) is 0. The van der Waals surface area contributed by atoms with Crippen LogP contribution in [0, 0.1) is 10.1 Å². The van der Waals surface area contributed by atoms with Gasteiger partial charge >= 0.3 is 0 Å². The molecule has 1 aliphatic heterocycles. The molecule has 22 heavy (non-hydrogen) atoms. The molecule has 0 saturated carbocycles. The Morgan fingerprint density at radius 1 is 1.45 bits per heavy atom. The number of piperazine rings is 1. The lowest BCUT2D eigenvalue weighted by Crippen LogP contribution is -2.46. The van der Waals surface area contributed by atoms with Gasteiger partial charge in [0, 0.05) is 32.2 Å². The van der Waals surface area contributed by atoms with Crippen LogP contribution in [0.4, 0.5) is 16.5 Å². The van der Waals surface area contributed by atoms with Crippen molar-refractivity contribution in [3.63, 3.8) is 0 Å². The third-order valence-electron chi connectivity index (χ3n) is 3.92. The van der Waals surface area contributed by atoms with E-state index in [2.05, 4.69) is 16.8 Å². The Balaban J connectivity index is 2.12. The van der Waals surface area contributed by atoms with Crippen molar-refractivity contribution in [2.24, 2.45) is 0 Å². The van der Waals surface area contributed by atoms with Crippen LogP contribution in [0.15, 0.2) is 6.07 Å². The molecule has 0 amide bonds. The molecule has 118 valence electrons. The van der Waals surface area contributed by atoms with E-state index in [1.165, 1.54) is 17.4 Å². The zero-order valence-electron chi connectivity index (χ0n) is 12.1. The standard InChI is InChI=1S/C13H16ClN5O2S/c1-2-17-3-5-18(6-4-17)11-9(19(20)21)7-8(14)10-12(11)22-13(15)16-10/h7H,2-6H2,1H3,(H2,15,16). The number of nitro groups is 1. The molecule has 0 aliphatic carbocycles. The summed E-state index contributed by atoms with van der Waals surface area (Å²) in [5.41, 5.74) is 6.94. The van der Waals surface area contributed by atoms with Crippen LogP contribution in [-0.2, 0) is 0 Å². The van der Waals surface area contributed by atoms with Crippen LogP contribution in [-0.4, -0.2) is 47.5 Å². The van der Waals surface area contributed by atoms with Crippen molar-refractivity contribution in [3.05, 3.63) is 21.2 Å². The van der Waals surface area contributed by atoms with Gasteiger partial charge in [-0.25, -0.2) is 4.98 Å². The molecule has 0 atom stereocenters. The van der Waals surface area contributed by atoms with Crippen LogP contribution in [0.25, 0.3) is 10.2 Å². The number of hydrogen-bond donors (Lipinski definition) is 1. The lowest BCUT2D eigenvalue weighted by atomic mass is 10.2. The number of nitrogen functional groups attached to an aromatic ring is 1. The summed E-state index contributed by atoms with van der Waals surface area (Å²) in [5.74, 6) is 0. The van der Waals surface area contributed by atoms with Gasteiger partial charge in [0.05, 0.1) is 14.6 Å². The lowest BCUT2D eigenvalue weighted by Gasteiger charge is -2.35. The van der Waals surface area contributed by atoms with Gasteiger partial charge in [0.25, 0.3) is 5.69 Å². The molecule has 7 nitrogen and oxygen atoms in total. The number of fused-ring (bicyclic) bond motifs is 1. The molecular formula is C13H16ClN5O2S. The van der Waals surface area contributed by atoms with Crippen molar-refractivity contribution in [2.75, 3.05) is 43.4 Å². The highest BCUT2D eigenvalue weighted by molar-refractivity contribution is 7.22. The molecule has 9 heteroatoms. The van der Waals surface area contributed by atoms with Gasteiger partial charge in [-0.1, -0.05) is 29.9 Å². The second-order valence-electron chi connectivity index (χ2n) is 5.13. The Labute approximate surface area is 136 Å². The van der Waals surface area contributed by atoms with Crippen LogP contribution in [0.1, 0.15) is 6.92 Å². The average molecular weight is 342 g/mol. The topological polar surface area (TPSA) is 88.5 Å². The summed E-state index contributed by atoms with van der Waals surface area (Å²) < 4.78 is 0.696. The number of likely N-dealkylation sites (N-methyl/N-ethyl adjacent to an activating group) is 1. The molecule has 2 heterocycles. The van der Waals surface area contributed by atoms with E-state index in [1.54, 1.807) is 0 Å². The second kappa shape index (κ2) is 5.86. The number of rotatable bonds is 3. The molecule has 1 aromatic carbocycles. The Morgan fingerprint density at radius 3 is 2.73 bits per heavy atom. The number of thiazole rings is 1. The summed E-state index contributed by atoms with van der Waals surface area (Å²) in [6.45, 7) is 6.34. The monoisotopic (exact) mass is 341 g/mol. The average Bonchev–Trinajstić information content (AvgIpc) is 2.89. The van der Waals surface area contributed by atoms with Gasteiger partial charge in [0.1, 0.15) is 11.2 Å². The maximum Gasteiger partial charge on any atom is 0.295 e. The molecule has 1 aromatic heterocycles. The first-order valence-electron chi connectivity index (χ1n) is 7.01. The summed E-state index contributed by atoms with van der Waals surface area (Å²) >= 11 is 7.38. The maximum atomic E-state index is 11.5. The highest BCUT2D eigenvalue weighted by Gasteiger charge is 2.28. The zero-order chi connectivity index (χ0) is 15.9. The fourth-order valence-corrected chi connectivity index (χ4v) is 3.99. The van der Waals surface area contributed by atoms with E-state index in [1.807, 2.05) is 4.90 Å². The van der Waals surface area contributed by atoms with Gasteiger partial charge in [-0.15, -0.1) is 0 Å². The van der Waals surface area contributed by atoms with E-state index in [4.69, 9.17) is 17.3 Å². The number of anilines is 2. The van der Waals surface area contributed by atoms with E-state index >= 15 is 0 Å². The van der Waals surface area contributed by atoms with Crippen LogP contribution < -0.4 is 10.6 Å². The van der Waals surface area contributed by atoms with Crippen LogP contribution in [0.3, 0.4) is 0 Å². The first kappa shape index (κ1) is 15.3. The van der Waals surface area contributed by atoms with Gasteiger partial charge in [0.2, 0.25) is 0 Å². The van der Waals surface area contributed by atoms with Crippen molar-refractivity contribution in [3.8, 4) is 0 Å². The summed E-state index contributed by atoms with van der Waals surface area (Å²) in [6.07, 6.45) is 0. The van der Waals surface area contributed by atoms with Crippen molar-refractivity contribution >= 4 is 49.7 Å². The number of benzene rings is 1. The smallest absolute Gasteiger partial charge is 0.295 e. The molecule has 2 aromatic rings. The highest BCUT2D eigenvalue weighted by Crippen LogP contribution is 2.43. The predicted octanol–water partition coefficient (Wildman–Crippen LogP) is 2.58. The number of hydrogen-bond acceptors (Lipinski definition) is 7. The fourth-order valence-electron chi connectivity index (χ4n) is 2.76. The normalized spacial score (nSPS) is 16.4. The molecule has 0 bridgehead atoms. The Bertz CT molecular complexity index is 727. The second-order valence-corrected chi connectivity index (χ2v) is 6.57. The van der Waals surface area contributed by atoms with Crippen molar-refractivity contribution in [1.82, 2.24) is 9.88 Å². The molecule has 1 saturated heterocycles. The van der Waals surface area contributed by atoms with E-state index in [-0.39, 0.29) is 15.6 Å². The van der Waals surface area contributed by atoms with Gasteiger partial charge in [-0.2, -0.15) is 0 Å². The van der Waals surface area contributed by atoms with Crippen LogP contribution in [0.2, 0.25) is 5.02 Å². The number of nitrogens with zero attached hydrogens (tertiary/aromatic N) is 4. The minimum absolute atomic E-state index is 0.0195. The lowest BCUT2D eigenvalue weighted by molar-refractivity contribution is -0.384. The molecule has 0 spiro atoms. The number of halogens is 1. The third kappa shape index (κ3) is 2.57. The molecule has 1 aliphatic rings. The van der Waals surface area contributed by atoms with E-state index < -0.39 is 0 Å². The SMILES string of the molecule is CCN1CCN(c2c([N+](=O)[O-])cc(Cl)c3nc(N)sc23)CC1. The zero-order valence-corrected chi connectivity index (χ0v) is 13.7. The first-order chi connectivity index (χ1) is 10.5. The van der Waals surface area contributed by atoms with Crippen molar-refractivity contribution < 1.29 is 4.92 Å². The van der Waals surface area contributed by atoms with Gasteiger partial charge in [-0.3, -0.25) is 10.1 Å². The number of nitro benzene ring substituents is 1. The quantitative estimate of drug-likeness (QED) is 0.681. The number of nitrogens with two attached hydrogens (primary N) is 1. The Morgan fingerprint density at radius 2 is 2.14 bits per heavy atom. The molecule has 3 rings (SSSR count). The molecule has 2 N–H and O–H groups in total. The van der Waals surface area contributed by atoms with Crippen molar-refractivity contribution in [1.29, 1.82) is 0 Å². The van der Waals surface area contributed by atoms with Crippen molar-refractivity contribution in [2.45, 2.75) is 6.92 Å². The predicted molar refractivity (Wildman–Crippen MR) is 90.0 cm³/mol. The summed E-state index contributed by atoms with van der Waals surface area (Å²) in [5, 5.41) is 12.1. The molecule has 1 fully saturated rings. The largest absolute Gasteiger partial charge is 0.375 e. The minimum Gasteiger partial charge on any atom is -0.375 e.